The first-order valence-electron chi connectivity index (χ1n) is 8.62. The van der Waals surface area contributed by atoms with Gasteiger partial charge in [-0.2, -0.15) is 0 Å². The fourth-order valence-corrected chi connectivity index (χ4v) is 3.66. The van der Waals surface area contributed by atoms with Gasteiger partial charge in [0.2, 0.25) is 0 Å². The summed E-state index contributed by atoms with van der Waals surface area (Å²) in [5.74, 6) is 1.18. The molecule has 4 rings (SSSR count). The summed E-state index contributed by atoms with van der Waals surface area (Å²) in [4.78, 5) is 13.9. The third-order valence-corrected chi connectivity index (χ3v) is 5.32. The fraction of sp³-hybridized carbons (Fsp3) is 0.150. The molecule has 6 nitrogen and oxygen atoms in total. The van der Waals surface area contributed by atoms with Crippen LogP contribution in [0.3, 0.4) is 0 Å². The fourth-order valence-electron chi connectivity index (χ4n) is 2.77. The Balaban J connectivity index is 1.66. The Labute approximate surface area is 175 Å². The predicted molar refractivity (Wildman–Crippen MR) is 112 cm³/mol. The van der Waals surface area contributed by atoms with E-state index in [1.807, 2.05) is 6.92 Å². The minimum Gasteiger partial charge on any atom is -0.493 e. The van der Waals surface area contributed by atoms with Gasteiger partial charge < -0.3 is 14.8 Å². The number of aromatic nitrogens is 3. The zero-order valence-electron chi connectivity index (χ0n) is 15.6. The maximum Gasteiger partial charge on any atom is 0.163 e. The third-order valence-electron chi connectivity index (χ3n) is 4.14. The Morgan fingerprint density at radius 3 is 2.72 bits per heavy atom. The molecule has 2 aromatic heterocycles. The van der Waals surface area contributed by atoms with E-state index < -0.39 is 5.82 Å². The molecule has 0 bridgehead atoms. The highest BCUT2D eigenvalue weighted by atomic mass is 35.5. The number of hydrogen-bond donors (Lipinski definition) is 1. The summed E-state index contributed by atoms with van der Waals surface area (Å²) < 4.78 is 24.8. The van der Waals surface area contributed by atoms with E-state index >= 15 is 0 Å². The zero-order valence-corrected chi connectivity index (χ0v) is 17.1. The monoisotopic (exact) mass is 430 g/mol. The largest absolute Gasteiger partial charge is 0.493 e. The van der Waals surface area contributed by atoms with E-state index in [1.165, 1.54) is 18.5 Å². The van der Waals surface area contributed by atoms with E-state index in [2.05, 4.69) is 20.3 Å². The van der Waals surface area contributed by atoms with Crippen molar-refractivity contribution in [3.8, 4) is 11.5 Å². The molecule has 0 radical (unpaired) electrons. The van der Waals surface area contributed by atoms with Crippen LogP contribution in [0.5, 0.6) is 11.5 Å². The van der Waals surface area contributed by atoms with Crippen molar-refractivity contribution in [3.05, 3.63) is 63.6 Å². The van der Waals surface area contributed by atoms with Crippen LogP contribution < -0.4 is 14.8 Å². The van der Waals surface area contributed by atoms with Gasteiger partial charge in [0.25, 0.3) is 0 Å². The van der Waals surface area contributed by atoms with E-state index in [9.17, 15) is 4.39 Å². The second kappa shape index (κ2) is 8.18. The first-order chi connectivity index (χ1) is 14.0. The van der Waals surface area contributed by atoms with Crippen molar-refractivity contribution in [2.75, 3.05) is 12.4 Å². The van der Waals surface area contributed by atoms with Crippen molar-refractivity contribution in [2.45, 2.75) is 13.5 Å². The van der Waals surface area contributed by atoms with Crippen molar-refractivity contribution < 1.29 is 13.9 Å². The van der Waals surface area contributed by atoms with E-state index in [-0.39, 0.29) is 5.02 Å². The lowest BCUT2D eigenvalue weighted by molar-refractivity contribution is 0.287. The molecule has 0 atom stereocenters. The molecule has 29 heavy (non-hydrogen) atoms. The number of halogens is 2. The number of ether oxygens (including phenoxy) is 2. The lowest BCUT2D eigenvalue weighted by atomic mass is 10.2. The van der Waals surface area contributed by atoms with Gasteiger partial charge in [-0.3, -0.25) is 0 Å². The molecule has 0 unspecified atom stereocenters. The molecule has 0 saturated heterocycles. The molecule has 0 saturated carbocycles. The third kappa shape index (κ3) is 4.23. The molecule has 0 amide bonds. The summed E-state index contributed by atoms with van der Waals surface area (Å²) in [6, 6.07) is 7.97. The number of thiazole rings is 1. The molecule has 0 aliphatic carbocycles. The Kier molecular flexibility index (Phi) is 5.46. The Morgan fingerprint density at radius 2 is 2.00 bits per heavy atom. The number of anilines is 2. The molecule has 0 aliphatic rings. The number of nitrogens with zero attached hydrogens (tertiary/aromatic N) is 3. The molecule has 4 aromatic rings. The highest BCUT2D eigenvalue weighted by Gasteiger charge is 2.13. The van der Waals surface area contributed by atoms with Crippen LogP contribution in [0.25, 0.3) is 10.9 Å². The van der Waals surface area contributed by atoms with Crippen LogP contribution in [-0.2, 0) is 6.61 Å². The molecule has 9 heteroatoms. The smallest absolute Gasteiger partial charge is 0.163 e. The van der Waals surface area contributed by atoms with Crippen LogP contribution in [0.4, 0.5) is 15.9 Å². The summed E-state index contributed by atoms with van der Waals surface area (Å²) in [6.45, 7) is 2.34. The van der Waals surface area contributed by atoms with Gasteiger partial charge in [0.1, 0.15) is 24.6 Å². The minimum atomic E-state index is -0.482. The van der Waals surface area contributed by atoms with E-state index in [0.29, 0.717) is 35.1 Å². The lowest BCUT2D eigenvalue weighted by Gasteiger charge is -2.13. The first kappa shape index (κ1) is 19.4. The van der Waals surface area contributed by atoms with Crippen molar-refractivity contribution in [2.24, 2.45) is 0 Å². The van der Waals surface area contributed by atoms with Gasteiger partial charge >= 0.3 is 0 Å². The standard InChI is InChI=1S/C20H16ClFN4O2S/c1-11-23-8-13(29-11)9-28-19-7-17-14(6-18(19)27-2)20(25-10-24-17)26-12-3-4-16(22)15(21)5-12/h3-8,10H,9H2,1-2H3,(H,24,25,26). The number of aryl methyl sites for hydroxylation is 1. The number of rotatable bonds is 6. The molecular weight excluding hydrogens is 415 g/mol. The van der Waals surface area contributed by atoms with Gasteiger partial charge in [-0.05, 0) is 31.2 Å². The van der Waals surface area contributed by atoms with E-state index in [0.717, 1.165) is 15.3 Å². The van der Waals surface area contributed by atoms with Gasteiger partial charge in [-0.15, -0.1) is 11.3 Å². The number of benzene rings is 2. The Hall–Kier alpha value is -2.97. The van der Waals surface area contributed by atoms with Crippen molar-refractivity contribution in [3.63, 3.8) is 0 Å². The highest BCUT2D eigenvalue weighted by molar-refractivity contribution is 7.11. The summed E-state index contributed by atoms with van der Waals surface area (Å²) >= 11 is 7.45. The Morgan fingerprint density at radius 1 is 1.14 bits per heavy atom. The molecule has 0 fully saturated rings. The molecule has 1 N–H and O–H groups in total. The average molecular weight is 431 g/mol. The molecule has 0 aliphatic heterocycles. The maximum absolute atomic E-state index is 13.4. The predicted octanol–water partition coefficient (Wildman–Crippen LogP) is 5.52. The number of nitrogens with one attached hydrogen (secondary N) is 1. The van der Waals surface area contributed by atoms with Crippen molar-refractivity contribution in [1.29, 1.82) is 0 Å². The second-order valence-electron chi connectivity index (χ2n) is 6.13. The first-order valence-corrected chi connectivity index (χ1v) is 9.82. The highest BCUT2D eigenvalue weighted by Crippen LogP contribution is 2.35. The molecule has 148 valence electrons. The molecule has 2 aromatic carbocycles. The summed E-state index contributed by atoms with van der Waals surface area (Å²) in [5.41, 5.74) is 1.28. The van der Waals surface area contributed by atoms with Crippen LogP contribution in [-0.4, -0.2) is 22.1 Å². The van der Waals surface area contributed by atoms with Gasteiger partial charge in [0.05, 0.1) is 27.5 Å². The number of methoxy groups -OCH3 is 1. The van der Waals surface area contributed by atoms with E-state index in [4.69, 9.17) is 21.1 Å². The second-order valence-corrected chi connectivity index (χ2v) is 7.86. The van der Waals surface area contributed by atoms with Crippen LogP contribution in [0, 0.1) is 12.7 Å². The SMILES string of the molecule is COc1cc2c(Nc3ccc(F)c(Cl)c3)ncnc2cc1OCc1cnc(C)s1. The quantitative estimate of drug-likeness (QED) is 0.434. The topological polar surface area (TPSA) is 69.2 Å². The van der Waals surface area contributed by atoms with Crippen LogP contribution in [0.2, 0.25) is 5.02 Å². The van der Waals surface area contributed by atoms with Gasteiger partial charge in [0.15, 0.2) is 11.5 Å². The lowest BCUT2D eigenvalue weighted by Crippen LogP contribution is -2.00. The van der Waals surface area contributed by atoms with Crippen molar-refractivity contribution >= 4 is 45.3 Å². The zero-order chi connectivity index (χ0) is 20.4. The van der Waals surface area contributed by atoms with Gasteiger partial charge in [-0.1, -0.05) is 11.6 Å². The summed E-state index contributed by atoms with van der Waals surface area (Å²) in [5, 5.41) is 4.88. The summed E-state index contributed by atoms with van der Waals surface area (Å²) in [6.07, 6.45) is 3.24. The normalized spacial score (nSPS) is 10.9. The number of fused-ring (bicyclic) bond motifs is 1. The van der Waals surface area contributed by atoms with Crippen LogP contribution >= 0.6 is 22.9 Å². The molecular formula is C20H16ClFN4O2S. The average Bonchev–Trinajstić information content (AvgIpc) is 3.14. The summed E-state index contributed by atoms with van der Waals surface area (Å²) in [7, 11) is 1.57. The minimum absolute atomic E-state index is 0.0277. The van der Waals surface area contributed by atoms with E-state index in [1.54, 1.807) is 42.8 Å². The van der Waals surface area contributed by atoms with Crippen molar-refractivity contribution in [1.82, 2.24) is 15.0 Å². The maximum atomic E-state index is 13.4. The number of hydrogen-bond acceptors (Lipinski definition) is 7. The Bertz CT molecular complexity index is 1180. The van der Waals surface area contributed by atoms with Crippen LogP contribution in [0.15, 0.2) is 42.9 Å². The van der Waals surface area contributed by atoms with Crippen LogP contribution in [0.1, 0.15) is 9.88 Å². The van der Waals surface area contributed by atoms with Gasteiger partial charge in [-0.25, -0.2) is 19.3 Å². The molecule has 2 heterocycles. The van der Waals surface area contributed by atoms with Gasteiger partial charge in [0, 0.05) is 23.3 Å². The molecule has 0 spiro atoms.